The van der Waals surface area contributed by atoms with Gasteiger partial charge < -0.3 is 20.3 Å². The van der Waals surface area contributed by atoms with Crippen molar-refractivity contribution in [3.05, 3.63) is 0 Å². The van der Waals surface area contributed by atoms with Crippen LogP contribution in [-0.2, 0) is 4.74 Å². The fourth-order valence-corrected chi connectivity index (χ4v) is 5.81. The van der Waals surface area contributed by atoms with Gasteiger partial charge in [-0.05, 0) is 32.1 Å². The number of likely N-dealkylation sites (tertiary alicyclic amines) is 1. The molecule has 5 heteroatoms. The van der Waals surface area contributed by atoms with Crippen LogP contribution in [0, 0.1) is 11.3 Å². The molecule has 3 unspecified atom stereocenters. The zero-order valence-electron chi connectivity index (χ0n) is 16.3. The molecule has 0 amide bonds. The van der Waals surface area contributed by atoms with Crippen molar-refractivity contribution in [3.63, 3.8) is 0 Å². The number of aliphatic imine (C=N–C) groups is 1. The molecule has 25 heavy (non-hydrogen) atoms. The molecule has 2 saturated heterocycles. The highest BCUT2D eigenvalue weighted by Crippen LogP contribution is 2.52. The average molecular weight is 349 g/mol. The molecule has 4 fully saturated rings. The number of piperidine rings is 1. The first-order valence-electron chi connectivity index (χ1n) is 10.4. The summed E-state index contributed by atoms with van der Waals surface area (Å²) in [6.07, 6.45) is 9.79. The van der Waals surface area contributed by atoms with E-state index in [1.807, 2.05) is 7.05 Å². The van der Waals surface area contributed by atoms with Crippen LogP contribution >= 0.6 is 0 Å². The number of hydrogen-bond donors (Lipinski definition) is 2. The van der Waals surface area contributed by atoms with Gasteiger partial charge in [-0.25, -0.2) is 0 Å². The molecule has 2 saturated carbocycles. The minimum Gasteiger partial charge on any atom is -0.377 e. The molecule has 0 aromatic heterocycles. The monoisotopic (exact) mass is 348 g/mol. The first kappa shape index (κ1) is 17.6. The smallest absolute Gasteiger partial charge is 0.191 e. The summed E-state index contributed by atoms with van der Waals surface area (Å²) in [5.74, 6) is 1.64. The van der Waals surface area contributed by atoms with Crippen molar-refractivity contribution in [2.75, 3.05) is 26.7 Å². The molecular weight excluding hydrogens is 312 g/mol. The second kappa shape index (κ2) is 7.07. The summed E-state index contributed by atoms with van der Waals surface area (Å²) in [6, 6.07) is 1.90. The highest BCUT2D eigenvalue weighted by atomic mass is 16.5. The Hall–Kier alpha value is -0.810. The normalized spacial score (nSPS) is 36.9. The molecule has 2 aliphatic heterocycles. The van der Waals surface area contributed by atoms with E-state index in [1.165, 1.54) is 58.0 Å². The minimum atomic E-state index is 0.199. The van der Waals surface area contributed by atoms with Crippen molar-refractivity contribution in [2.45, 2.75) is 83.0 Å². The van der Waals surface area contributed by atoms with Crippen molar-refractivity contribution in [3.8, 4) is 0 Å². The minimum absolute atomic E-state index is 0.199. The van der Waals surface area contributed by atoms with E-state index < -0.39 is 0 Å². The van der Waals surface area contributed by atoms with Gasteiger partial charge in [-0.3, -0.25) is 4.99 Å². The lowest BCUT2D eigenvalue weighted by Gasteiger charge is -2.55. The summed E-state index contributed by atoms with van der Waals surface area (Å²) in [6.45, 7) is 8.05. The van der Waals surface area contributed by atoms with Gasteiger partial charge in [-0.1, -0.05) is 26.7 Å². The average Bonchev–Trinajstić information content (AvgIpc) is 3.29. The maximum absolute atomic E-state index is 5.92. The largest absolute Gasteiger partial charge is 0.377 e. The van der Waals surface area contributed by atoms with E-state index >= 15 is 0 Å². The Balaban J connectivity index is 1.27. The van der Waals surface area contributed by atoms with Crippen LogP contribution in [-0.4, -0.2) is 61.8 Å². The van der Waals surface area contributed by atoms with Gasteiger partial charge in [0.1, 0.15) is 0 Å². The number of ether oxygens (including phenoxy) is 1. The summed E-state index contributed by atoms with van der Waals surface area (Å²) < 4.78 is 5.92. The van der Waals surface area contributed by atoms with Gasteiger partial charge in [0, 0.05) is 56.2 Å². The summed E-state index contributed by atoms with van der Waals surface area (Å²) in [5.41, 5.74) is 0.199. The zero-order chi connectivity index (χ0) is 17.4. The number of rotatable bonds is 3. The maximum atomic E-state index is 5.92. The summed E-state index contributed by atoms with van der Waals surface area (Å²) in [4.78, 5) is 7.25. The third kappa shape index (κ3) is 3.30. The fraction of sp³-hybridized carbons (Fsp3) is 0.950. The van der Waals surface area contributed by atoms with Gasteiger partial charge >= 0.3 is 0 Å². The van der Waals surface area contributed by atoms with Gasteiger partial charge in [-0.15, -0.1) is 0 Å². The predicted molar refractivity (Wildman–Crippen MR) is 102 cm³/mol. The Morgan fingerprint density at radius 1 is 1.04 bits per heavy atom. The van der Waals surface area contributed by atoms with Crippen LogP contribution in [0.5, 0.6) is 0 Å². The quantitative estimate of drug-likeness (QED) is 0.607. The lowest BCUT2D eigenvalue weighted by atomic mass is 9.57. The third-order valence-corrected chi connectivity index (χ3v) is 7.33. The van der Waals surface area contributed by atoms with Crippen LogP contribution in [0.3, 0.4) is 0 Å². The molecule has 0 radical (unpaired) electrons. The summed E-state index contributed by atoms with van der Waals surface area (Å²) >= 11 is 0. The molecule has 4 rings (SSSR count). The Kier molecular flexibility index (Phi) is 4.98. The van der Waals surface area contributed by atoms with Gasteiger partial charge in [0.15, 0.2) is 5.96 Å². The molecule has 142 valence electrons. The van der Waals surface area contributed by atoms with E-state index in [0.717, 1.165) is 18.6 Å². The number of hydrogen-bond acceptors (Lipinski definition) is 3. The van der Waals surface area contributed by atoms with Crippen molar-refractivity contribution >= 4 is 5.96 Å². The van der Waals surface area contributed by atoms with Crippen LogP contribution in [0.15, 0.2) is 4.99 Å². The molecule has 2 N–H and O–H groups in total. The first-order chi connectivity index (χ1) is 12.1. The Bertz CT molecular complexity index is 492. The lowest BCUT2D eigenvalue weighted by Crippen LogP contribution is -2.68. The number of nitrogens with one attached hydrogen (secondary N) is 2. The molecule has 5 nitrogen and oxygen atoms in total. The van der Waals surface area contributed by atoms with Crippen LogP contribution in [0.1, 0.15) is 58.8 Å². The van der Waals surface area contributed by atoms with Crippen LogP contribution in [0.25, 0.3) is 0 Å². The van der Waals surface area contributed by atoms with Gasteiger partial charge in [-0.2, -0.15) is 0 Å². The maximum Gasteiger partial charge on any atom is 0.191 e. The van der Waals surface area contributed by atoms with E-state index in [2.05, 4.69) is 34.4 Å². The molecule has 2 heterocycles. The number of guanidine groups is 1. The Morgan fingerprint density at radius 2 is 1.76 bits per heavy atom. The van der Waals surface area contributed by atoms with Crippen LogP contribution < -0.4 is 10.6 Å². The highest BCUT2D eigenvalue weighted by Gasteiger charge is 2.59. The molecular formula is C20H36N4O. The molecule has 4 aliphatic rings. The zero-order valence-corrected chi connectivity index (χ0v) is 16.3. The number of fused-ring (bicyclic) bond motifs is 1. The molecule has 0 spiro atoms. The van der Waals surface area contributed by atoms with E-state index in [1.54, 1.807) is 0 Å². The topological polar surface area (TPSA) is 48.9 Å². The lowest BCUT2D eigenvalue weighted by molar-refractivity contribution is -0.106. The van der Waals surface area contributed by atoms with Crippen LogP contribution in [0.4, 0.5) is 0 Å². The molecule has 0 aromatic rings. The molecule has 2 aliphatic carbocycles. The summed E-state index contributed by atoms with van der Waals surface area (Å²) in [7, 11) is 1.90. The second-order valence-corrected chi connectivity index (χ2v) is 9.15. The first-order valence-corrected chi connectivity index (χ1v) is 10.4. The highest BCUT2D eigenvalue weighted by molar-refractivity contribution is 5.80. The second-order valence-electron chi connectivity index (χ2n) is 9.15. The summed E-state index contributed by atoms with van der Waals surface area (Å²) in [5, 5.41) is 7.43. The predicted octanol–water partition coefficient (Wildman–Crippen LogP) is 2.37. The Morgan fingerprint density at radius 3 is 2.44 bits per heavy atom. The standard InChI is InChI=1S/C20H36N4O/c1-20(2)17(16-10-13-25-18(16)20)23-19(21-3)22-14-8-11-24(12-9-14)15-6-4-5-7-15/h14-18H,4-13H2,1-3H3,(H2,21,22,23). The van der Waals surface area contributed by atoms with E-state index in [-0.39, 0.29) is 5.41 Å². The SMILES string of the molecule is CN=C(NC1CCN(C2CCCC2)CC1)NC1C2CCOC2C1(C)C. The number of nitrogens with zero attached hydrogens (tertiary/aromatic N) is 2. The van der Waals surface area contributed by atoms with Gasteiger partial charge in [0.25, 0.3) is 0 Å². The van der Waals surface area contributed by atoms with Crippen LogP contribution in [0.2, 0.25) is 0 Å². The van der Waals surface area contributed by atoms with E-state index in [4.69, 9.17) is 4.74 Å². The molecule has 3 atom stereocenters. The van der Waals surface area contributed by atoms with E-state index in [0.29, 0.717) is 24.1 Å². The van der Waals surface area contributed by atoms with Gasteiger partial charge in [0.05, 0.1) is 6.10 Å². The van der Waals surface area contributed by atoms with Crippen molar-refractivity contribution in [1.82, 2.24) is 15.5 Å². The third-order valence-electron chi connectivity index (χ3n) is 7.33. The molecule has 0 aromatic carbocycles. The Labute approximate surface area is 153 Å². The van der Waals surface area contributed by atoms with Crippen molar-refractivity contribution in [2.24, 2.45) is 16.3 Å². The van der Waals surface area contributed by atoms with Crippen molar-refractivity contribution < 1.29 is 4.74 Å². The van der Waals surface area contributed by atoms with Crippen molar-refractivity contribution in [1.29, 1.82) is 0 Å². The van der Waals surface area contributed by atoms with E-state index in [9.17, 15) is 0 Å². The molecule has 0 bridgehead atoms. The fourth-order valence-electron chi connectivity index (χ4n) is 5.81. The van der Waals surface area contributed by atoms with Gasteiger partial charge in [0.2, 0.25) is 0 Å².